The predicted octanol–water partition coefficient (Wildman–Crippen LogP) is -1.73. The Morgan fingerprint density at radius 3 is 2.33 bits per heavy atom. The van der Waals surface area contributed by atoms with Crippen molar-refractivity contribution in [1.29, 1.82) is 0 Å². The van der Waals surface area contributed by atoms with Gasteiger partial charge < -0.3 is 4.90 Å². The summed E-state index contributed by atoms with van der Waals surface area (Å²) in [5.74, 6) is 0. The van der Waals surface area contributed by atoms with Crippen LogP contribution in [0.1, 0.15) is 19.8 Å². The van der Waals surface area contributed by atoms with Crippen LogP contribution in [0.2, 0.25) is 0 Å². The highest BCUT2D eigenvalue weighted by molar-refractivity contribution is 6.59. The first kappa shape index (κ1) is 11.4. The number of amides is 1. The van der Waals surface area contributed by atoms with Gasteiger partial charge in [0, 0.05) is 6.20 Å². The van der Waals surface area contributed by atoms with Crippen LogP contribution in [-0.4, -0.2) is 40.1 Å². The summed E-state index contributed by atoms with van der Waals surface area (Å²) < 4.78 is 0. The van der Waals surface area contributed by atoms with Crippen molar-refractivity contribution < 1.29 is 4.79 Å². The Bertz CT molecular complexity index is 165. The molecule has 2 nitrogen and oxygen atoms in total. The first-order valence-corrected chi connectivity index (χ1v) is 4.42. The normalized spacial score (nSPS) is 11.8. The van der Waals surface area contributed by atoms with Gasteiger partial charge in [-0.2, -0.15) is 0 Å². The molecule has 0 aliphatic rings. The maximum absolute atomic E-state index is 10.6. The number of hydrogen-bond donors (Lipinski definition) is 0. The largest absolute Gasteiger partial charge is 0.340 e. The van der Waals surface area contributed by atoms with Crippen LogP contribution in [0.15, 0.2) is 12.3 Å². The third-order valence-electron chi connectivity index (χ3n) is 1.61. The smallest absolute Gasteiger partial charge is 0.212 e. The lowest BCUT2D eigenvalue weighted by molar-refractivity contribution is -0.116. The van der Waals surface area contributed by atoms with Gasteiger partial charge in [-0.1, -0.05) is 19.4 Å². The van der Waals surface area contributed by atoms with Gasteiger partial charge in [0.15, 0.2) is 0 Å². The molecule has 0 aliphatic heterocycles. The third kappa shape index (κ3) is 4.32. The van der Waals surface area contributed by atoms with E-state index in [9.17, 15) is 4.79 Å². The van der Waals surface area contributed by atoms with E-state index in [4.69, 9.17) is 0 Å². The van der Waals surface area contributed by atoms with Crippen LogP contribution < -0.4 is 0 Å². The fourth-order valence-electron chi connectivity index (χ4n) is 0.772. The zero-order valence-electron chi connectivity index (χ0n) is 8.50. The summed E-state index contributed by atoms with van der Waals surface area (Å²) in [6.45, 7) is 2.12. The molecule has 0 saturated carbocycles. The van der Waals surface area contributed by atoms with E-state index in [1.165, 1.54) is 0 Å². The predicted molar refractivity (Wildman–Crippen MR) is 60.3 cm³/mol. The average Bonchev–Trinajstić information content (AvgIpc) is 1.95. The molecule has 0 aromatic heterocycles. The van der Waals surface area contributed by atoms with Crippen LogP contribution in [0.4, 0.5) is 0 Å². The van der Waals surface area contributed by atoms with Gasteiger partial charge >= 0.3 is 0 Å². The first-order chi connectivity index (χ1) is 5.52. The Hall–Kier alpha value is -0.595. The summed E-state index contributed by atoms with van der Waals surface area (Å²) in [4.78, 5) is 12.3. The van der Waals surface area contributed by atoms with E-state index in [2.05, 4.69) is 6.92 Å². The van der Waals surface area contributed by atoms with Crippen molar-refractivity contribution in [2.45, 2.75) is 25.0 Å². The molecule has 5 heteroatoms. The molecule has 0 fully saturated rings. The van der Waals surface area contributed by atoms with Crippen LogP contribution in [0, 0.1) is 0 Å². The fourth-order valence-corrected chi connectivity index (χ4v) is 0.772. The Balaban J connectivity index is 4.09. The number of nitrogens with zero attached hydrogens (tertiary/aromatic N) is 1. The third-order valence-corrected chi connectivity index (χ3v) is 1.61. The molecule has 1 amide bonds. The highest BCUT2D eigenvalue weighted by Crippen LogP contribution is 2.00. The standard InChI is InChI=1S/C7H16B3NO/c1-2-3-4-5-11(6-12)7(8,9)10/h4-6H,2-3,8-10H2,1H3/b5-4-. The summed E-state index contributed by atoms with van der Waals surface area (Å²) in [5, 5.41) is -0.105. The van der Waals surface area contributed by atoms with E-state index in [0.29, 0.717) is 0 Å². The quantitative estimate of drug-likeness (QED) is 0.348. The first-order valence-electron chi connectivity index (χ1n) is 4.42. The van der Waals surface area contributed by atoms with E-state index in [0.717, 1.165) is 19.3 Å². The van der Waals surface area contributed by atoms with Gasteiger partial charge in [0.2, 0.25) is 6.41 Å². The SMILES string of the molecule is BC(B)(B)N(C=O)/C=C\CCC. The van der Waals surface area contributed by atoms with Crippen molar-refractivity contribution >= 4 is 29.9 Å². The van der Waals surface area contributed by atoms with E-state index >= 15 is 0 Å². The van der Waals surface area contributed by atoms with E-state index in [-0.39, 0.29) is 5.24 Å². The molecule has 64 valence electrons. The lowest BCUT2D eigenvalue weighted by atomic mass is 9.48. The zero-order chi connectivity index (χ0) is 9.61. The Morgan fingerprint density at radius 2 is 2.00 bits per heavy atom. The van der Waals surface area contributed by atoms with Gasteiger partial charge in [-0.3, -0.25) is 4.79 Å². The van der Waals surface area contributed by atoms with Gasteiger partial charge in [-0.25, -0.2) is 0 Å². The molecule has 0 aromatic carbocycles. The number of hydrogen-bond acceptors (Lipinski definition) is 1. The molecule has 12 heavy (non-hydrogen) atoms. The summed E-state index contributed by atoms with van der Waals surface area (Å²) >= 11 is 0. The van der Waals surface area contributed by atoms with Crippen molar-refractivity contribution in [3.05, 3.63) is 12.3 Å². The van der Waals surface area contributed by atoms with Crippen LogP contribution in [0.3, 0.4) is 0 Å². The van der Waals surface area contributed by atoms with Gasteiger partial charge in [-0.15, -0.1) is 0 Å². The van der Waals surface area contributed by atoms with Gasteiger partial charge in [0.05, 0.1) is 0 Å². The van der Waals surface area contributed by atoms with E-state index in [1.807, 2.05) is 35.8 Å². The minimum atomic E-state index is -0.105. The van der Waals surface area contributed by atoms with Crippen molar-refractivity contribution in [3.63, 3.8) is 0 Å². The van der Waals surface area contributed by atoms with Crippen molar-refractivity contribution in [1.82, 2.24) is 4.90 Å². The maximum atomic E-state index is 10.6. The Labute approximate surface area is 77.6 Å². The van der Waals surface area contributed by atoms with Crippen LogP contribution >= 0.6 is 0 Å². The molecule has 0 aromatic rings. The minimum Gasteiger partial charge on any atom is -0.340 e. The molecule has 0 atom stereocenters. The topological polar surface area (TPSA) is 20.3 Å². The van der Waals surface area contributed by atoms with Gasteiger partial charge in [0.25, 0.3) is 0 Å². The molecule has 0 unspecified atom stereocenters. The second-order valence-corrected chi connectivity index (χ2v) is 3.86. The van der Waals surface area contributed by atoms with E-state index < -0.39 is 0 Å². The number of unbranched alkanes of at least 4 members (excludes halogenated alkanes) is 1. The summed E-state index contributed by atoms with van der Waals surface area (Å²) in [6, 6.07) is 0. The lowest BCUT2D eigenvalue weighted by Crippen LogP contribution is -2.46. The molecular weight excluding hydrogens is 147 g/mol. The zero-order valence-corrected chi connectivity index (χ0v) is 8.50. The monoisotopic (exact) mass is 163 g/mol. The van der Waals surface area contributed by atoms with Crippen molar-refractivity contribution in [3.8, 4) is 0 Å². The molecule has 0 aliphatic carbocycles. The Kier molecular flexibility index (Phi) is 4.87. The molecular formula is C7H16B3NO. The number of carbonyl (C=O) groups excluding carboxylic acids is 1. The van der Waals surface area contributed by atoms with Gasteiger partial charge in [-0.05, 0) is 11.7 Å². The van der Waals surface area contributed by atoms with Crippen LogP contribution in [-0.2, 0) is 4.79 Å². The maximum Gasteiger partial charge on any atom is 0.212 e. The summed E-state index contributed by atoms with van der Waals surface area (Å²) in [7, 11) is 6.03. The lowest BCUT2D eigenvalue weighted by Gasteiger charge is -2.29. The highest BCUT2D eigenvalue weighted by atomic mass is 16.1. The summed E-state index contributed by atoms with van der Waals surface area (Å²) in [5.41, 5.74) is 0. The molecule has 0 saturated heterocycles. The average molecular weight is 163 g/mol. The highest BCUT2D eigenvalue weighted by Gasteiger charge is 2.16. The molecule has 0 N–H and O–H groups in total. The van der Waals surface area contributed by atoms with Crippen LogP contribution in [0.5, 0.6) is 0 Å². The second-order valence-electron chi connectivity index (χ2n) is 3.86. The molecule has 0 rings (SSSR count). The number of allylic oxidation sites excluding steroid dienone is 1. The summed E-state index contributed by atoms with van der Waals surface area (Å²) in [6.07, 6.45) is 6.90. The molecule has 0 radical (unpaired) electrons. The van der Waals surface area contributed by atoms with E-state index in [1.54, 1.807) is 4.90 Å². The van der Waals surface area contributed by atoms with Gasteiger partial charge in [0.1, 0.15) is 23.5 Å². The minimum absolute atomic E-state index is 0.105. The molecule has 0 spiro atoms. The molecule has 0 heterocycles. The fraction of sp³-hybridized carbons (Fsp3) is 0.571. The van der Waals surface area contributed by atoms with Crippen LogP contribution in [0.25, 0.3) is 0 Å². The number of carbonyl (C=O) groups is 1. The van der Waals surface area contributed by atoms with Crippen molar-refractivity contribution in [2.75, 3.05) is 0 Å². The van der Waals surface area contributed by atoms with Crippen molar-refractivity contribution in [2.24, 2.45) is 0 Å². The Morgan fingerprint density at radius 1 is 1.42 bits per heavy atom. The molecule has 0 bridgehead atoms. The second kappa shape index (κ2) is 5.12. The number of rotatable bonds is 5.